The zero-order valence-corrected chi connectivity index (χ0v) is 22.6. The fourth-order valence-corrected chi connectivity index (χ4v) is 6.93. The van der Waals surface area contributed by atoms with Crippen molar-refractivity contribution in [2.75, 3.05) is 0 Å². The van der Waals surface area contributed by atoms with Gasteiger partial charge in [-0.15, -0.1) is 0 Å². The van der Waals surface area contributed by atoms with E-state index >= 15 is 0 Å². The van der Waals surface area contributed by atoms with Crippen LogP contribution in [-0.2, 0) is 0 Å². The molecule has 0 nitrogen and oxygen atoms in total. The van der Waals surface area contributed by atoms with E-state index in [9.17, 15) is 0 Å². The van der Waals surface area contributed by atoms with Crippen molar-refractivity contribution in [3.05, 3.63) is 77.9 Å². The van der Waals surface area contributed by atoms with Gasteiger partial charge in [0.1, 0.15) is 0 Å². The van der Waals surface area contributed by atoms with E-state index in [0.717, 1.165) is 0 Å². The minimum atomic E-state index is 0.563. The third kappa shape index (κ3) is 2.94. The van der Waals surface area contributed by atoms with Crippen molar-refractivity contribution in [1.29, 1.82) is 0 Å². The van der Waals surface area contributed by atoms with E-state index < -0.39 is 0 Å². The Balaban J connectivity index is 1.77. The monoisotopic (exact) mass is 426 g/mol. The molecule has 2 atom stereocenters. The van der Waals surface area contributed by atoms with E-state index in [1.54, 1.807) is 33.4 Å². The minimum absolute atomic E-state index is 0.563. The molecule has 0 fully saturated rings. The summed E-state index contributed by atoms with van der Waals surface area (Å²) in [5, 5.41) is 0. The van der Waals surface area contributed by atoms with Gasteiger partial charge in [0.25, 0.3) is 0 Å². The predicted molar refractivity (Wildman–Crippen MR) is 142 cm³/mol. The highest BCUT2D eigenvalue weighted by atomic mass is 14.4. The van der Waals surface area contributed by atoms with E-state index in [1.807, 2.05) is 0 Å². The molecule has 0 bridgehead atoms. The van der Waals surface area contributed by atoms with Gasteiger partial charge in [0.15, 0.2) is 0 Å². The van der Waals surface area contributed by atoms with Gasteiger partial charge in [-0.2, -0.15) is 0 Å². The SMILES string of the molecule is CC1=C(C)C(CCC2C(C)=C(C)c3c(C)c(C)c(C)c(C)c32)c2c(C)c(C)c(C)c(C)c21. The van der Waals surface area contributed by atoms with Gasteiger partial charge in [-0.25, -0.2) is 0 Å². The van der Waals surface area contributed by atoms with Crippen LogP contribution < -0.4 is 0 Å². The van der Waals surface area contributed by atoms with Gasteiger partial charge < -0.3 is 0 Å². The molecular weight excluding hydrogens is 384 g/mol. The molecule has 0 aliphatic heterocycles. The van der Waals surface area contributed by atoms with Crippen LogP contribution in [0.3, 0.4) is 0 Å². The Hall–Kier alpha value is -2.08. The second-order valence-electron chi connectivity index (χ2n) is 10.9. The minimum Gasteiger partial charge on any atom is -0.0623 e. The molecule has 2 aromatic rings. The van der Waals surface area contributed by atoms with E-state index in [0.29, 0.717) is 11.8 Å². The van der Waals surface area contributed by atoms with Crippen molar-refractivity contribution in [1.82, 2.24) is 0 Å². The van der Waals surface area contributed by atoms with Gasteiger partial charge in [0.2, 0.25) is 0 Å². The number of fused-ring (bicyclic) bond motifs is 2. The van der Waals surface area contributed by atoms with Crippen LogP contribution in [0, 0.1) is 55.4 Å². The molecule has 2 aliphatic rings. The number of rotatable bonds is 3. The topological polar surface area (TPSA) is 0 Å². The third-order valence-corrected chi connectivity index (χ3v) is 9.89. The lowest BCUT2D eigenvalue weighted by Crippen LogP contribution is -2.09. The van der Waals surface area contributed by atoms with Crippen LogP contribution in [0.1, 0.15) is 119 Å². The lowest BCUT2D eigenvalue weighted by Gasteiger charge is -2.25. The zero-order valence-electron chi connectivity index (χ0n) is 22.6. The highest BCUT2D eigenvalue weighted by Gasteiger charge is 2.35. The summed E-state index contributed by atoms with van der Waals surface area (Å²) in [5.41, 5.74) is 24.6. The maximum Gasteiger partial charge on any atom is 0.00605 e. The average molecular weight is 427 g/mol. The number of benzene rings is 2. The number of allylic oxidation sites excluding steroid dienone is 4. The first-order valence-corrected chi connectivity index (χ1v) is 12.5. The van der Waals surface area contributed by atoms with E-state index in [2.05, 4.69) is 83.1 Å². The first-order chi connectivity index (χ1) is 14.9. The lowest BCUT2D eigenvalue weighted by atomic mass is 9.79. The molecule has 0 amide bonds. The molecule has 2 aromatic carbocycles. The molecule has 0 saturated carbocycles. The molecular formula is C32H42. The Labute approximate surface area is 196 Å². The second kappa shape index (κ2) is 7.75. The van der Waals surface area contributed by atoms with Crippen molar-refractivity contribution < 1.29 is 0 Å². The molecule has 0 spiro atoms. The summed E-state index contributed by atoms with van der Waals surface area (Å²) in [6.07, 6.45) is 2.47. The van der Waals surface area contributed by atoms with Crippen LogP contribution in [0.5, 0.6) is 0 Å². The van der Waals surface area contributed by atoms with Crippen molar-refractivity contribution in [2.24, 2.45) is 0 Å². The van der Waals surface area contributed by atoms with Crippen molar-refractivity contribution in [2.45, 2.75) is 108 Å². The Morgan fingerprint density at radius 2 is 0.656 bits per heavy atom. The van der Waals surface area contributed by atoms with Gasteiger partial charge >= 0.3 is 0 Å². The third-order valence-electron chi connectivity index (χ3n) is 9.89. The van der Waals surface area contributed by atoms with Gasteiger partial charge in [-0.05, 0) is 174 Å². The molecule has 0 heterocycles. The number of hydrogen-bond donors (Lipinski definition) is 0. The van der Waals surface area contributed by atoms with Crippen LogP contribution >= 0.6 is 0 Å². The first kappa shape index (κ1) is 23.1. The van der Waals surface area contributed by atoms with Crippen molar-refractivity contribution >= 4 is 11.1 Å². The second-order valence-corrected chi connectivity index (χ2v) is 10.9. The van der Waals surface area contributed by atoms with E-state index in [-0.39, 0.29) is 0 Å². The van der Waals surface area contributed by atoms with Gasteiger partial charge in [-0.3, -0.25) is 0 Å². The smallest absolute Gasteiger partial charge is 0.00605 e. The first-order valence-electron chi connectivity index (χ1n) is 12.5. The molecule has 0 radical (unpaired) electrons. The van der Waals surface area contributed by atoms with E-state index in [4.69, 9.17) is 0 Å². The summed E-state index contributed by atoms with van der Waals surface area (Å²) < 4.78 is 0. The molecule has 0 aromatic heterocycles. The fourth-order valence-electron chi connectivity index (χ4n) is 6.93. The van der Waals surface area contributed by atoms with Crippen LogP contribution in [0.15, 0.2) is 11.1 Å². The molecule has 170 valence electrons. The summed E-state index contributed by atoms with van der Waals surface area (Å²) in [4.78, 5) is 0. The van der Waals surface area contributed by atoms with Gasteiger partial charge in [0.05, 0.1) is 0 Å². The summed E-state index contributed by atoms with van der Waals surface area (Å²) in [7, 11) is 0. The Morgan fingerprint density at radius 1 is 0.375 bits per heavy atom. The Bertz CT molecular complexity index is 1130. The Kier molecular flexibility index (Phi) is 5.60. The molecule has 0 N–H and O–H groups in total. The summed E-state index contributed by atoms with van der Waals surface area (Å²) >= 11 is 0. The van der Waals surface area contributed by atoms with Gasteiger partial charge in [-0.1, -0.05) is 11.1 Å². The maximum atomic E-state index is 2.39. The van der Waals surface area contributed by atoms with Crippen LogP contribution in [0.2, 0.25) is 0 Å². The average Bonchev–Trinajstić information content (AvgIpc) is 3.16. The van der Waals surface area contributed by atoms with Crippen LogP contribution in [-0.4, -0.2) is 0 Å². The zero-order chi connectivity index (χ0) is 23.8. The van der Waals surface area contributed by atoms with Crippen molar-refractivity contribution in [3.8, 4) is 0 Å². The maximum absolute atomic E-state index is 2.39. The summed E-state index contributed by atoms with van der Waals surface area (Å²) in [5.74, 6) is 1.13. The largest absolute Gasteiger partial charge is 0.0623 e. The predicted octanol–water partition coefficient (Wildman–Crippen LogP) is 9.42. The van der Waals surface area contributed by atoms with Crippen molar-refractivity contribution in [3.63, 3.8) is 0 Å². The molecule has 2 aliphatic carbocycles. The highest BCUT2D eigenvalue weighted by Crippen LogP contribution is 2.52. The fraction of sp³-hybridized carbons (Fsp3) is 0.500. The summed E-state index contributed by atoms with van der Waals surface area (Å²) in [6, 6.07) is 0. The van der Waals surface area contributed by atoms with Crippen LogP contribution in [0.4, 0.5) is 0 Å². The summed E-state index contributed by atoms with van der Waals surface area (Å²) in [6.45, 7) is 28.1. The standard InChI is InChI=1S/C32H42/c1-15-17(3)23(9)31-27(19(5)25(11)29(31)21(15)7)13-14-28-20(6)26(12)30-22(8)16(2)18(4)24(10)32(28)30/h27-28H,13-14H2,1-12H3. The van der Waals surface area contributed by atoms with E-state index in [1.165, 1.54) is 68.5 Å². The highest BCUT2D eigenvalue weighted by molar-refractivity contribution is 5.82. The molecule has 0 saturated heterocycles. The molecule has 4 rings (SSSR count). The molecule has 0 heteroatoms. The molecule has 2 unspecified atom stereocenters. The Morgan fingerprint density at radius 3 is 0.969 bits per heavy atom. The van der Waals surface area contributed by atoms with Gasteiger partial charge in [0, 0.05) is 11.8 Å². The molecule has 32 heavy (non-hydrogen) atoms. The quantitative estimate of drug-likeness (QED) is 0.458. The normalized spacial score (nSPS) is 19.9. The number of hydrogen-bond acceptors (Lipinski definition) is 0. The van der Waals surface area contributed by atoms with Crippen LogP contribution in [0.25, 0.3) is 11.1 Å². The lowest BCUT2D eigenvalue weighted by molar-refractivity contribution is 0.606.